The molecule has 708 valence electrons. The number of aromatic amines is 1. The Balaban J connectivity index is 1.67. The number of H-pyrrole nitrogens is 1. The Morgan fingerprint density at radius 2 is 0.750 bits per heavy atom. The lowest BCUT2D eigenvalue weighted by atomic mass is 10.00. The Morgan fingerprint density at radius 3 is 1.19 bits per heavy atom. The van der Waals surface area contributed by atoms with Crippen LogP contribution in [0, 0.1) is 38.4 Å². The maximum absolute atomic E-state index is 15.3. The van der Waals surface area contributed by atoms with Crippen LogP contribution >= 0.6 is 0 Å². The van der Waals surface area contributed by atoms with Crippen molar-refractivity contribution in [3.05, 3.63) is 36.0 Å². The molecule has 51 nitrogen and oxygen atoms in total. The molecule has 3 fully saturated rings. The molecule has 13 atom stereocenters. The van der Waals surface area contributed by atoms with E-state index in [1.807, 2.05) is 0 Å². The molecule has 3 aliphatic rings. The number of carbonyl (C=O) groups excluding carboxylic acids is 16. The minimum atomic E-state index is -1.97. The summed E-state index contributed by atoms with van der Waals surface area (Å²) >= 11 is 0. The molecule has 128 heavy (non-hydrogen) atoms. The van der Waals surface area contributed by atoms with Crippen molar-refractivity contribution in [3.8, 4) is 0 Å². The maximum atomic E-state index is 15.3. The molecule has 0 saturated carbocycles. The molecule has 3 aliphatic heterocycles. The van der Waals surface area contributed by atoms with Crippen LogP contribution in [0.2, 0.25) is 0 Å². The SMILES string of the molecule is CC(C)C[C@@H]1NC(=O)[C@H](CCCNC(=N)N)NC(=O)[C@H](Cc2c[nH]c3ccccc23)NC(=O)[C@H]2CCCN2C(=O)[C@@H]2CCCN2C(=O)[C@H](CCCNC(=N)N)NC(=O)[C@H](CCCNC(=N)N)NC(=O)[C@H](CC(N)=O)NC(=O)[C@H](CCCNC(=N)N)NC(=O)[C@H](CCC(N)=O)NC(=O)CNC(=O)[C@@H](CCCNC(=N)N)NC(=O)[C@H](C)NC(=O)[C@H](CCCNC(=N)N)NC1=O. The zero-order chi connectivity index (χ0) is 94.9. The Morgan fingerprint density at radius 1 is 0.398 bits per heavy atom. The number of aromatic nitrogens is 1. The van der Waals surface area contributed by atoms with Gasteiger partial charge in [0, 0.05) is 82.3 Å². The van der Waals surface area contributed by atoms with E-state index < -0.39 is 235 Å². The molecule has 1 aromatic heterocycles. The molecule has 4 heterocycles. The number of primary amides is 2. The smallest absolute Gasteiger partial charge is 0.246 e. The fourth-order valence-electron chi connectivity index (χ4n) is 14.5. The summed E-state index contributed by atoms with van der Waals surface area (Å²) in [5.74, 6) is -19.0. The van der Waals surface area contributed by atoms with Crippen molar-refractivity contribution < 1.29 is 76.7 Å². The molecule has 0 aliphatic carbocycles. The highest BCUT2D eigenvalue weighted by atomic mass is 16.2. The van der Waals surface area contributed by atoms with Crippen molar-refractivity contribution in [2.75, 3.05) is 58.9 Å². The third kappa shape index (κ3) is 36.6. The number of nitrogens with two attached hydrogens (primary N) is 8. The van der Waals surface area contributed by atoms with Crippen LogP contribution < -0.4 is 142 Å². The normalized spacial score (nSPS) is 23.5. The van der Waals surface area contributed by atoms with Crippen molar-refractivity contribution in [3.63, 3.8) is 0 Å². The average Bonchev–Trinajstić information content (AvgIpc) is 1.52. The van der Waals surface area contributed by atoms with Crippen LogP contribution in [0.25, 0.3) is 10.9 Å². The van der Waals surface area contributed by atoms with Gasteiger partial charge in [0.15, 0.2) is 35.8 Å². The molecule has 0 unspecified atom stereocenters. The van der Waals surface area contributed by atoms with Crippen LogP contribution in [0.1, 0.15) is 155 Å². The number of fused-ring (bicyclic) bond motifs is 3. The molecule has 5 rings (SSSR count). The summed E-state index contributed by atoms with van der Waals surface area (Å²) in [4.78, 5) is 238. The summed E-state index contributed by atoms with van der Waals surface area (Å²) in [5.41, 5.74) is 45.8. The first-order chi connectivity index (χ1) is 60.6. The molecule has 0 bridgehead atoms. The average molecular weight is 1800 g/mol. The number of amides is 16. The van der Waals surface area contributed by atoms with Crippen LogP contribution in [0.3, 0.4) is 0 Å². The van der Waals surface area contributed by atoms with Crippen molar-refractivity contribution in [2.45, 2.75) is 234 Å². The van der Waals surface area contributed by atoms with Gasteiger partial charge in [-0.25, -0.2) is 0 Å². The number of nitrogens with one attached hydrogen (secondary N) is 25. The number of benzene rings is 1. The minimum Gasteiger partial charge on any atom is -0.370 e. The highest BCUT2D eigenvalue weighted by molar-refractivity contribution is 6.02. The van der Waals surface area contributed by atoms with E-state index >= 15 is 28.8 Å². The molecule has 0 spiro atoms. The van der Waals surface area contributed by atoms with Crippen LogP contribution in [0.4, 0.5) is 0 Å². The number of hydrogen-bond donors (Lipinski definition) is 33. The predicted octanol–water partition coefficient (Wildman–Crippen LogP) is -10.1. The van der Waals surface area contributed by atoms with Crippen molar-refractivity contribution in [1.29, 1.82) is 32.5 Å². The molecule has 41 N–H and O–H groups in total. The topological polar surface area (TPSA) is 863 Å². The quantitative estimate of drug-likeness (QED) is 0.0179. The lowest BCUT2D eigenvalue weighted by molar-refractivity contribution is -0.148. The van der Waals surface area contributed by atoms with E-state index in [0.29, 0.717) is 16.5 Å². The summed E-state index contributed by atoms with van der Waals surface area (Å²) in [7, 11) is 0. The third-order valence-electron chi connectivity index (χ3n) is 21.0. The van der Waals surface area contributed by atoms with E-state index in [9.17, 15) is 47.9 Å². The van der Waals surface area contributed by atoms with Gasteiger partial charge in [-0.05, 0) is 140 Å². The molecule has 16 amide bonds. The number of nitrogens with zero attached hydrogens (tertiary/aromatic N) is 2. The monoisotopic (exact) mass is 1800 g/mol. The second-order valence-corrected chi connectivity index (χ2v) is 31.8. The van der Waals surface area contributed by atoms with Gasteiger partial charge in [0.05, 0.1) is 13.0 Å². The number of guanidine groups is 6. The molecular formula is C77H129N35O16. The standard InChI is InChI=1S/C77H129N35O16/c1-39(2)34-51-66(123)104-45(17-7-27-93-73(82)83)61(118)100-40(3)59(116)102-44(16-6-26-92-72(80)81)60(117)99-38-58(115)101-49(24-25-56(78)113)65(122)103-47(19-9-29-95-75(86)87)64(121)109-53(36-57(79)114)68(125)106-46(18-8-28-94-74(84)85)62(119)107-50(21-11-31-97-77(90)91)70(127)112-33-13-23-55(112)71(128)111-32-12-22-54(111)69(126)110-52(35-41-37-98-43-15-5-4-14-42(41)43)67(124)105-48(63(120)108-51)20-10-30-96-76(88)89/h4-5,14-15,37,39-40,44-55,98H,6-13,16-36,38H2,1-3H3,(H2,78,113)(H2,79,114)(H,99,117)(H,100,118)(H,101,115)(H,102,116)(H,103,122)(H,104,123)(H,105,124)(H,106,125)(H,107,119)(H,108,120)(H,109,121)(H,110,126)(H4,80,81,92)(H4,82,83,93)(H4,84,85,94)(H4,86,87,95)(H4,88,89,96)(H4,90,91,97)/t40-,44+,45-,46-,47-,48-,49-,50-,51-,52-,53-,54+,55-/m0/s1. The fourth-order valence-corrected chi connectivity index (χ4v) is 14.5. The molecule has 1 aromatic carbocycles. The summed E-state index contributed by atoms with van der Waals surface area (Å²) in [5, 5.41) is 93.5. The van der Waals surface area contributed by atoms with E-state index in [4.69, 9.17) is 78.3 Å². The van der Waals surface area contributed by atoms with Gasteiger partial charge in [0.2, 0.25) is 94.5 Å². The highest BCUT2D eigenvalue weighted by Gasteiger charge is 2.46. The zero-order valence-corrected chi connectivity index (χ0v) is 72.2. The maximum Gasteiger partial charge on any atom is 0.246 e. The number of rotatable bonds is 33. The second kappa shape index (κ2) is 53.3. The number of para-hydroxylation sites is 1. The largest absolute Gasteiger partial charge is 0.370 e. The summed E-state index contributed by atoms with van der Waals surface area (Å²) in [6.07, 6.45) is -1.59. The third-order valence-corrected chi connectivity index (χ3v) is 21.0. The van der Waals surface area contributed by atoms with Gasteiger partial charge in [0.1, 0.15) is 78.5 Å². The van der Waals surface area contributed by atoms with E-state index in [0.717, 1.165) is 0 Å². The molecule has 0 radical (unpaired) electrons. The van der Waals surface area contributed by atoms with Gasteiger partial charge in [-0.2, -0.15) is 0 Å². The van der Waals surface area contributed by atoms with E-state index in [1.54, 1.807) is 44.3 Å². The first-order valence-electron chi connectivity index (χ1n) is 42.4. The van der Waals surface area contributed by atoms with Gasteiger partial charge in [-0.1, -0.05) is 32.0 Å². The second-order valence-electron chi connectivity index (χ2n) is 31.8. The van der Waals surface area contributed by atoms with Crippen molar-refractivity contribution in [1.82, 2.24) is 110 Å². The van der Waals surface area contributed by atoms with Crippen molar-refractivity contribution in [2.24, 2.45) is 51.8 Å². The first kappa shape index (κ1) is 104. The fraction of sp³-hybridized carbons (Fsp3) is 0.610. The van der Waals surface area contributed by atoms with Gasteiger partial charge in [-0.3, -0.25) is 109 Å². The van der Waals surface area contributed by atoms with E-state index in [1.165, 1.54) is 16.7 Å². The van der Waals surface area contributed by atoms with Gasteiger partial charge in [0.25, 0.3) is 0 Å². The zero-order valence-electron chi connectivity index (χ0n) is 72.2. The van der Waals surface area contributed by atoms with Gasteiger partial charge < -0.3 is 156 Å². The van der Waals surface area contributed by atoms with Crippen LogP contribution in [-0.2, 0) is 83.1 Å². The van der Waals surface area contributed by atoms with Crippen LogP contribution in [0.5, 0.6) is 0 Å². The summed E-state index contributed by atoms with van der Waals surface area (Å²) < 4.78 is 0. The molecule has 51 heteroatoms. The van der Waals surface area contributed by atoms with E-state index in [2.05, 4.69) is 101 Å². The first-order valence-corrected chi connectivity index (χ1v) is 42.4. The summed E-state index contributed by atoms with van der Waals surface area (Å²) in [6, 6.07) is -13.3. The summed E-state index contributed by atoms with van der Waals surface area (Å²) in [6.45, 7) is 3.47. The molecule has 2 aromatic rings. The number of carbonyl (C=O) groups is 16. The Hall–Kier alpha value is -14.1. The van der Waals surface area contributed by atoms with Crippen LogP contribution in [0.15, 0.2) is 30.5 Å². The number of hydrogen-bond acceptors (Lipinski definition) is 22. The van der Waals surface area contributed by atoms with Gasteiger partial charge >= 0.3 is 0 Å². The van der Waals surface area contributed by atoms with E-state index in [-0.39, 0.29) is 174 Å². The van der Waals surface area contributed by atoms with Crippen LogP contribution in [-0.4, -0.2) is 283 Å². The lowest BCUT2D eigenvalue weighted by Gasteiger charge is -2.34. The van der Waals surface area contributed by atoms with Gasteiger partial charge in [-0.15, -0.1) is 0 Å². The minimum absolute atomic E-state index is 0.00303. The molecule has 3 saturated heterocycles. The Bertz CT molecular complexity index is 4300. The highest BCUT2D eigenvalue weighted by Crippen LogP contribution is 2.28. The lowest BCUT2D eigenvalue weighted by Crippen LogP contribution is -2.61. The Labute approximate surface area is 738 Å². The predicted molar refractivity (Wildman–Crippen MR) is 468 cm³/mol. The van der Waals surface area contributed by atoms with Crippen molar-refractivity contribution >= 4 is 141 Å². The Kier molecular flexibility index (Phi) is 43.5. The molecular weight excluding hydrogens is 1670 g/mol.